The zero-order chi connectivity index (χ0) is 20.4. The van der Waals surface area contributed by atoms with Crippen LogP contribution in [0.3, 0.4) is 0 Å². The van der Waals surface area contributed by atoms with Gasteiger partial charge in [0.05, 0.1) is 10.6 Å². The Morgan fingerprint density at radius 3 is 2.69 bits per heavy atom. The van der Waals surface area contributed by atoms with Crippen LogP contribution in [0.1, 0.15) is 9.67 Å². The molecule has 0 atom stereocenters. The number of hydrogen-bond donors (Lipinski definition) is 1. The summed E-state index contributed by atoms with van der Waals surface area (Å²) in [6.07, 6.45) is 1.61. The minimum absolute atomic E-state index is 0.245. The first-order valence-corrected chi connectivity index (χ1v) is 10.5. The molecule has 146 valence electrons. The molecule has 4 aromatic rings. The van der Waals surface area contributed by atoms with Crippen molar-refractivity contribution >= 4 is 46.3 Å². The lowest BCUT2D eigenvalue weighted by Crippen LogP contribution is -2.11. The number of hydrogen-bond acceptors (Lipinski definition) is 5. The number of aryl methyl sites for hydroxylation is 1. The standard InChI is InChI=1S/C20H14ClFN4OS2/c1-26-11-23-25-20(26)29-17-7-4-13(21)10-15(17)24-19(27)18-9-8-16(28-18)12-2-5-14(22)6-3-12/h2-11H,1H3,(H,24,27). The van der Waals surface area contributed by atoms with E-state index in [-0.39, 0.29) is 11.7 Å². The van der Waals surface area contributed by atoms with E-state index in [0.29, 0.717) is 20.7 Å². The van der Waals surface area contributed by atoms with Crippen LogP contribution in [0.5, 0.6) is 0 Å². The molecule has 0 saturated carbocycles. The summed E-state index contributed by atoms with van der Waals surface area (Å²) < 4.78 is 14.9. The van der Waals surface area contributed by atoms with Crippen LogP contribution in [-0.4, -0.2) is 20.7 Å². The molecule has 0 bridgehead atoms. The van der Waals surface area contributed by atoms with E-state index in [0.717, 1.165) is 15.3 Å². The van der Waals surface area contributed by atoms with E-state index in [2.05, 4.69) is 15.5 Å². The summed E-state index contributed by atoms with van der Waals surface area (Å²) in [6, 6.07) is 15.1. The highest BCUT2D eigenvalue weighted by molar-refractivity contribution is 7.99. The van der Waals surface area contributed by atoms with Crippen molar-refractivity contribution < 1.29 is 9.18 Å². The highest BCUT2D eigenvalue weighted by Crippen LogP contribution is 2.35. The third-order valence-corrected chi connectivity index (χ3v) is 6.52. The molecule has 2 aromatic carbocycles. The summed E-state index contributed by atoms with van der Waals surface area (Å²) in [4.78, 5) is 15.0. The lowest BCUT2D eigenvalue weighted by Gasteiger charge is -2.10. The number of benzene rings is 2. The number of anilines is 1. The summed E-state index contributed by atoms with van der Waals surface area (Å²) in [6.45, 7) is 0. The molecule has 0 fully saturated rings. The Hall–Kier alpha value is -2.68. The average Bonchev–Trinajstić information content (AvgIpc) is 3.34. The third kappa shape index (κ3) is 4.50. The highest BCUT2D eigenvalue weighted by Gasteiger charge is 2.15. The summed E-state index contributed by atoms with van der Waals surface area (Å²) in [5.41, 5.74) is 1.45. The van der Waals surface area contributed by atoms with Gasteiger partial charge in [-0.2, -0.15) is 0 Å². The smallest absolute Gasteiger partial charge is 0.265 e. The number of carbonyl (C=O) groups excluding carboxylic acids is 1. The first kappa shape index (κ1) is 19.6. The molecule has 9 heteroatoms. The molecule has 29 heavy (non-hydrogen) atoms. The van der Waals surface area contributed by atoms with E-state index in [1.54, 1.807) is 41.2 Å². The molecular weight excluding hydrogens is 431 g/mol. The van der Waals surface area contributed by atoms with Crippen molar-refractivity contribution in [3.8, 4) is 10.4 Å². The maximum atomic E-state index is 13.1. The Kier molecular flexibility index (Phi) is 5.66. The Bertz CT molecular complexity index is 1170. The minimum Gasteiger partial charge on any atom is -0.320 e. The maximum absolute atomic E-state index is 13.1. The fourth-order valence-electron chi connectivity index (χ4n) is 2.57. The van der Waals surface area contributed by atoms with Gasteiger partial charge in [-0.1, -0.05) is 23.7 Å². The largest absolute Gasteiger partial charge is 0.320 e. The van der Waals surface area contributed by atoms with E-state index in [1.165, 1.54) is 35.2 Å². The quantitative estimate of drug-likeness (QED) is 0.426. The van der Waals surface area contributed by atoms with Crippen LogP contribution in [0.25, 0.3) is 10.4 Å². The van der Waals surface area contributed by atoms with Gasteiger partial charge in [0.1, 0.15) is 12.1 Å². The molecule has 5 nitrogen and oxygen atoms in total. The summed E-state index contributed by atoms with van der Waals surface area (Å²) in [5.74, 6) is -0.539. The Balaban J connectivity index is 1.56. The summed E-state index contributed by atoms with van der Waals surface area (Å²) in [7, 11) is 1.85. The Morgan fingerprint density at radius 2 is 1.97 bits per heavy atom. The topological polar surface area (TPSA) is 59.8 Å². The molecule has 4 rings (SSSR count). The van der Waals surface area contributed by atoms with Crippen molar-refractivity contribution in [3.05, 3.63) is 76.6 Å². The van der Waals surface area contributed by atoms with Gasteiger partial charge in [-0.15, -0.1) is 21.5 Å². The van der Waals surface area contributed by atoms with Gasteiger partial charge in [-0.25, -0.2) is 4.39 Å². The lowest BCUT2D eigenvalue weighted by atomic mass is 10.2. The third-order valence-electron chi connectivity index (χ3n) is 4.02. The van der Waals surface area contributed by atoms with Crippen LogP contribution in [0.4, 0.5) is 10.1 Å². The first-order chi connectivity index (χ1) is 14.0. The zero-order valence-corrected chi connectivity index (χ0v) is 17.5. The van der Waals surface area contributed by atoms with Gasteiger partial charge in [0.15, 0.2) is 5.16 Å². The van der Waals surface area contributed by atoms with E-state index in [4.69, 9.17) is 11.6 Å². The van der Waals surface area contributed by atoms with E-state index < -0.39 is 0 Å². The number of halogens is 2. The number of amides is 1. The molecule has 1 N–H and O–H groups in total. The normalized spacial score (nSPS) is 10.9. The first-order valence-electron chi connectivity index (χ1n) is 8.48. The van der Waals surface area contributed by atoms with E-state index in [1.807, 2.05) is 19.2 Å². The molecule has 2 heterocycles. The summed E-state index contributed by atoms with van der Waals surface area (Å²) >= 11 is 8.85. The molecule has 2 aromatic heterocycles. The Morgan fingerprint density at radius 1 is 1.17 bits per heavy atom. The van der Waals surface area contributed by atoms with Crippen molar-refractivity contribution in [3.63, 3.8) is 0 Å². The van der Waals surface area contributed by atoms with Crippen LogP contribution in [0.2, 0.25) is 5.02 Å². The molecule has 0 aliphatic heterocycles. The monoisotopic (exact) mass is 444 g/mol. The second kappa shape index (κ2) is 8.36. The number of carbonyl (C=O) groups is 1. The lowest BCUT2D eigenvalue weighted by molar-refractivity contribution is 0.103. The van der Waals surface area contributed by atoms with Crippen molar-refractivity contribution in [2.45, 2.75) is 10.1 Å². The fraction of sp³-hybridized carbons (Fsp3) is 0.0500. The summed E-state index contributed by atoms with van der Waals surface area (Å²) in [5, 5.41) is 12.1. The average molecular weight is 445 g/mol. The van der Waals surface area contributed by atoms with Gasteiger partial charge in [0.25, 0.3) is 5.91 Å². The van der Waals surface area contributed by atoms with Gasteiger partial charge in [0.2, 0.25) is 0 Å². The maximum Gasteiger partial charge on any atom is 0.265 e. The number of thiophene rings is 1. The van der Waals surface area contributed by atoms with Crippen LogP contribution in [0, 0.1) is 5.82 Å². The number of nitrogens with zero attached hydrogens (tertiary/aromatic N) is 3. The molecule has 0 saturated heterocycles. The second-order valence-electron chi connectivity index (χ2n) is 6.09. The van der Waals surface area contributed by atoms with Crippen molar-refractivity contribution in [2.24, 2.45) is 7.05 Å². The molecule has 0 aliphatic carbocycles. The van der Waals surface area contributed by atoms with Crippen LogP contribution < -0.4 is 5.32 Å². The Labute approximate surface area is 179 Å². The van der Waals surface area contributed by atoms with Gasteiger partial charge in [-0.05, 0) is 59.8 Å². The highest BCUT2D eigenvalue weighted by atomic mass is 35.5. The number of aromatic nitrogens is 3. The van der Waals surface area contributed by atoms with Gasteiger partial charge < -0.3 is 9.88 Å². The molecule has 1 amide bonds. The molecule has 0 unspecified atom stereocenters. The van der Waals surface area contributed by atoms with Crippen molar-refractivity contribution in [2.75, 3.05) is 5.32 Å². The SMILES string of the molecule is Cn1cnnc1Sc1ccc(Cl)cc1NC(=O)c1ccc(-c2ccc(F)cc2)s1. The predicted molar refractivity (Wildman–Crippen MR) is 114 cm³/mol. The van der Waals surface area contributed by atoms with Gasteiger partial charge in [0, 0.05) is 21.8 Å². The molecular formula is C20H14ClFN4OS2. The second-order valence-corrected chi connectivity index (χ2v) is 8.62. The number of rotatable bonds is 5. The predicted octanol–water partition coefficient (Wildman–Crippen LogP) is 5.74. The molecule has 0 spiro atoms. The zero-order valence-electron chi connectivity index (χ0n) is 15.1. The molecule has 0 radical (unpaired) electrons. The van der Waals surface area contributed by atoms with Crippen LogP contribution in [0.15, 0.2) is 71.0 Å². The van der Waals surface area contributed by atoms with Crippen LogP contribution >= 0.6 is 34.7 Å². The molecule has 0 aliphatic rings. The van der Waals surface area contributed by atoms with Crippen molar-refractivity contribution in [1.29, 1.82) is 0 Å². The van der Waals surface area contributed by atoms with Gasteiger partial charge in [-0.3, -0.25) is 4.79 Å². The fourth-order valence-corrected chi connectivity index (χ4v) is 4.48. The van der Waals surface area contributed by atoms with E-state index in [9.17, 15) is 9.18 Å². The van der Waals surface area contributed by atoms with E-state index >= 15 is 0 Å². The van der Waals surface area contributed by atoms with Crippen molar-refractivity contribution in [1.82, 2.24) is 14.8 Å². The minimum atomic E-state index is -0.294. The number of nitrogens with one attached hydrogen (secondary N) is 1. The van der Waals surface area contributed by atoms with Gasteiger partial charge >= 0.3 is 0 Å². The van der Waals surface area contributed by atoms with Crippen LogP contribution in [-0.2, 0) is 7.05 Å².